The molecule has 5 unspecified atom stereocenters. The molecular formula is C48H92O12P-. The molecule has 12 nitrogen and oxygen atoms in total. The van der Waals surface area contributed by atoms with E-state index in [9.17, 15) is 24.7 Å². The van der Waals surface area contributed by atoms with Crippen LogP contribution in [0.25, 0.3) is 0 Å². The Labute approximate surface area is 376 Å². The summed E-state index contributed by atoms with van der Waals surface area (Å²) in [6.07, 6.45) is 0.949. The predicted molar refractivity (Wildman–Crippen MR) is 260 cm³/mol. The topological polar surface area (TPSA) is 189 Å². The first-order valence-electron chi connectivity index (χ1n) is 17.8. The third-order valence-electron chi connectivity index (χ3n) is 9.14. The first-order valence-corrected chi connectivity index (χ1v) is 17.8. The van der Waals surface area contributed by atoms with Gasteiger partial charge in [-0.15, -0.1) is 0 Å². The summed E-state index contributed by atoms with van der Waals surface area (Å²) in [6.45, 7) is 24.8. The summed E-state index contributed by atoms with van der Waals surface area (Å²) in [7, 11) is 1.30. The summed E-state index contributed by atoms with van der Waals surface area (Å²) >= 11 is 0. The Morgan fingerprint density at radius 3 is 1.31 bits per heavy atom. The van der Waals surface area contributed by atoms with E-state index < -0.39 is 40.3 Å². The van der Waals surface area contributed by atoms with E-state index in [-0.39, 0.29) is 85.4 Å². The second-order valence-electron chi connectivity index (χ2n) is 15.1. The van der Waals surface area contributed by atoms with Crippen molar-refractivity contribution in [3.8, 4) is 0 Å². The summed E-state index contributed by atoms with van der Waals surface area (Å²) in [4.78, 5) is 47.1. The number of carbonyl (C=O) groups excluding carboxylic acids is 1. The van der Waals surface area contributed by atoms with Crippen molar-refractivity contribution in [2.45, 2.75) is 164 Å². The Hall–Kier alpha value is -3.48. The van der Waals surface area contributed by atoms with Crippen LogP contribution in [0.2, 0.25) is 0 Å². The van der Waals surface area contributed by atoms with Crippen LogP contribution in [0, 0.1) is 22.2 Å². The lowest BCUT2D eigenvalue weighted by atomic mass is 9.63. The van der Waals surface area contributed by atoms with Gasteiger partial charge in [0.25, 0.3) is 0 Å². The van der Waals surface area contributed by atoms with Crippen molar-refractivity contribution in [1.29, 1.82) is 0 Å². The largest absolute Gasteiger partial charge is 0.577 e. The summed E-state index contributed by atoms with van der Waals surface area (Å²) < 4.78 is 4.85. The van der Waals surface area contributed by atoms with Crippen molar-refractivity contribution in [1.82, 2.24) is 0 Å². The Morgan fingerprint density at radius 1 is 0.672 bits per heavy atom. The number of ether oxygens (including phenoxy) is 1. The predicted octanol–water partition coefficient (Wildman–Crippen LogP) is 13.5. The Kier molecular flexibility index (Phi) is 50.4. The molecule has 0 aromatic heterocycles. The molecule has 0 fully saturated rings. The SMILES string of the molecule is C.C.C.C.C.C.C=C(C)C(C)OO.C=C(C)C(Cc1ccccc1)OO.CC(C)C(=O)O.CCC(C)(CC(C)(CC(C)(C)C(=O)OC)C(=O)O)C(Cc1ccccc1)OO.[PH2-]. The zero-order valence-electron chi connectivity index (χ0n) is 34.7. The van der Waals surface area contributed by atoms with Crippen molar-refractivity contribution < 1.29 is 59.8 Å². The number of hydrogen-bond acceptors (Lipinski definition) is 10. The van der Waals surface area contributed by atoms with Gasteiger partial charge in [0.2, 0.25) is 0 Å². The van der Waals surface area contributed by atoms with Crippen LogP contribution in [-0.4, -0.2) is 69.3 Å². The smallest absolute Gasteiger partial charge is 0.311 e. The van der Waals surface area contributed by atoms with E-state index in [1.54, 1.807) is 48.5 Å². The van der Waals surface area contributed by atoms with E-state index in [4.69, 9.17) is 25.2 Å². The number of esters is 1. The van der Waals surface area contributed by atoms with Crippen molar-refractivity contribution in [2.75, 3.05) is 7.11 Å². The van der Waals surface area contributed by atoms with Crippen LogP contribution >= 0.6 is 9.90 Å². The molecule has 0 amide bonds. The lowest BCUT2D eigenvalue weighted by Crippen LogP contribution is -2.45. The Bertz CT molecular complexity index is 1400. The van der Waals surface area contributed by atoms with Crippen molar-refractivity contribution in [3.63, 3.8) is 0 Å². The van der Waals surface area contributed by atoms with Gasteiger partial charge in [-0.25, -0.2) is 14.7 Å². The fourth-order valence-corrected chi connectivity index (χ4v) is 5.35. The minimum Gasteiger partial charge on any atom is -0.577 e. The fraction of sp³-hybridized carbons (Fsp3) is 0.604. The monoisotopic (exact) mass is 892 g/mol. The van der Waals surface area contributed by atoms with Gasteiger partial charge < -0.3 is 24.8 Å². The van der Waals surface area contributed by atoms with Gasteiger partial charge in [-0.1, -0.05) is 146 Å². The van der Waals surface area contributed by atoms with E-state index >= 15 is 0 Å². The normalized spacial score (nSPS) is 13.0. The Balaban J connectivity index is -0.0000000982. The molecule has 0 saturated heterocycles. The molecule has 13 heteroatoms. The highest BCUT2D eigenvalue weighted by molar-refractivity contribution is 6.92. The third-order valence-corrected chi connectivity index (χ3v) is 9.14. The minimum absolute atomic E-state index is 0. The van der Waals surface area contributed by atoms with E-state index in [2.05, 4.69) is 22.9 Å². The number of carbonyl (C=O) groups is 3. The molecule has 0 bridgehead atoms. The molecule has 0 saturated carbocycles. The molecule has 5 N–H and O–H groups in total. The van der Waals surface area contributed by atoms with Gasteiger partial charge in [-0.2, -0.15) is 0 Å². The first kappa shape index (κ1) is 78.1. The van der Waals surface area contributed by atoms with Gasteiger partial charge in [0.05, 0.1) is 23.9 Å². The maximum atomic E-state index is 12.2. The van der Waals surface area contributed by atoms with Gasteiger partial charge in [0.1, 0.15) is 18.3 Å². The van der Waals surface area contributed by atoms with Crippen LogP contribution in [0.4, 0.5) is 0 Å². The van der Waals surface area contributed by atoms with Gasteiger partial charge >= 0.3 is 17.9 Å². The van der Waals surface area contributed by atoms with E-state index in [0.717, 1.165) is 22.3 Å². The van der Waals surface area contributed by atoms with Crippen molar-refractivity contribution in [3.05, 3.63) is 96.1 Å². The lowest BCUT2D eigenvalue weighted by molar-refractivity contribution is -0.305. The molecular weight excluding hydrogens is 799 g/mol. The van der Waals surface area contributed by atoms with Gasteiger partial charge in [-0.05, 0) is 88.5 Å². The molecule has 0 aliphatic rings. The van der Waals surface area contributed by atoms with E-state index in [0.29, 0.717) is 19.3 Å². The van der Waals surface area contributed by atoms with Crippen LogP contribution in [0.15, 0.2) is 85.0 Å². The lowest BCUT2D eigenvalue weighted by Gasteiger charge is -2.42. The minimum atomic E-state index is -1.20. The number of methoxy groups -OCH3 is 1. The Morgan fingerprint density at radius 2 is 1.07 bits per heavy atom. The highest BCUT2D eigenvalue weighted by atomic mass is 31.0. The molecule has 0 radical (unpaired) electrons. The van der Waals surface area contributed by atoms with Crippen LogP contribution in [-0.2, 0) is 46.6 Å². The average molecular weight is 892 g/mol. The highest BCUT2D eigenvalue weighted by Crippen LogP contribution is 2.47. The zero-order valence-corrected chi connectivity index (χ0v) is 35.9. The number of rotatable bonds is 18. The second kappa shape index (κ2) is 39.4. The standard InChI is InChI=1S/C22H34O6.C11H14O2.C5H10O2.C4H8O2.6CH4.H2P/c1-7-21(4,17(28-26)13-16-11-9-8-10-12-16)15-22(5,18(23)24)14-20(2,3)19(25)27-6;1-9(2)11(13-12)8-10-6-4-3-5-7-10;1-4(2)5(3)7-6;1-3(2)4(5)6;;;;;;;/h8-12,17,26H,7,13-15H2,1-6H3,(H,23,24);3-7,11-12H,1,8H2,2H3;5-6H,1H2,2-3H3;3H,1-2H3,(H,5,6);6*1H4;1H2/q;;;;;;;;;;-1. The van der Waals surface area contributed by atoms with E-state index in [1.165, 1.54) is 7.11 Å². The summed E-state index contributed by atoms with van der Waals surface area (Å²) in [5, 5.41) is 44.2. The maximum absolute atomic E-state index is 12.2. The molecule has 0 spiro atoms. The summed E-state index contributed by atoms with van der Waals surface area (Å²) in [5.41, 5.74) is 0.998. The molecule has 0 aliphatic carbocycles. The van der Waals surface area contributed by atoms with Gasteiger partial charge in [0, 0.05) is 12.8 Å². The summed E-state index contributed by atoms with van der Waals surface area (Å²) in [5.74, 6) is -2.40. The average Bonchev–Trinajstić information content (AvgIpc) is 3.13. The number of carboxylic acid groups (broad SMARTS) is 2. The number of benzene rings is 2. The van der Waals surface area contributed by atoms with Crippen molar-refractivity contribution >= 4 is 27.8 Å². The van der Waals surface area contributed by atoms with E-state index in [1.807, 2.05) is 81.4 Å². The maximum Gasteiger partial charge on any atom is 0.311 e. The van der Waals surface area contributed by atoms with Crippen molar-refractivity contribution in [2.24, 2.45) is 22.2 Å². The van der Waals surface area contributed by atoms with Gasteiger partial charge in [-0.3, -0.25) is 30.2 Å². The van der Waals surface area contributed by atoms with Crippen LogP contribution in [0.1, 0.15) is 144 Å². The zero-order chi connectivity index (χ0) is 42.3. The molecule has 2 aromatic carbocycles. The third kappa shape index (κ3) is 31.1. The molecule has 61 heavy (non-hydrogen) atoms. The summed E-state index contributed by atoms with van der Waals surface area (Å²) in [6, 6.07) is 19.5. The number of aliphatic carboxylic acids is 2. The number of hydrogen-bond donors (Lipinski definition) is 5. The molecule has 5 atom stereocenters. The quantitative estimate of drug-likeness (QED) is 0.0313. The second-order valence-corrected chi connectivity index (χ2v) is 15.1. The van der Waals surface area contributed by atoms with Crippen LogP contribution in [0.3, 0.4) is 0 Å². The molecule has 0 heterocycles. The number of carboxylic acids is 2. The van der Waals surface area contributed by atoms with Gasteiger partial charge in [0.15, 0.2) is 0 Å². The molecule has 362 valence electrons. The molecule has 2 rings (SSSR count). The molecule has 2 aromatic rings. The van der Waals surface area contributed by atoms with Crippen LogP contribution in [0.5, 0.6) is 0 Å². The highest BCUT2D eigenvalue weighted by Gasteiger charge is 2.48. The fourth-order valence-electron chi connectivity index (χ4n) is 5.35. The van der Waals surface area contributed by atoms with Crippen LogP contribution < -0.4 is 0 Å². The first-order chi connectivity index (χ1) is 25.0. The molecule has 0 aliphatic heterocycles.